The minimum Gasteiger partial charge on any atom is -0.213 e. The highest BCUT2D eigenvalue weighted by atomic mass is 32.2. The molecule has 0 radical (unpaired) electrons. The van der Waals surface area contributed by atoms with Gasteiger partial charge in [-0.2, -0.15) is 0 Å². The summed E-state index contributed by atoms with van der Waals surface area (Å²) in [7, 11) is -3.15. The summed E-state index contributed by atoms with van der Waals surface area (Å²) in [6.07, 6.45) is 1.17. The third-order valence-corrected chi connectivity index (χ3v) is 3.65. The Bertz CT molecular complexity index is 365. The average Bonchev–Trinajstić information content (AvgIpc) is 2.29. The minimum absolute atomic E-state index is 0.512. The molecule has 1 N–H and O–H groups in total. The summed E-state index contributed by atoms with van der Waals surface area (Å²) in [5.41, 5.74) is -0.512. The topological polar surface area (TPSA) is 46.2 Å². The first-order valence-electron chi connectivity index (χ1n) is 3.84. The molecule has 0 saturated carbocycles. The number of thiophene rings is 1. The lowest BCUT2D eigenvalue weighted by Crippen LogP contribution is -2.39. The van der Waals surface area contributed by atoms with Crippen molar-refractivity contribution in [2.24, 2.45) is 0 Å². The van der Waals surface area contributed by atoms with Gasteiger partial charge >= 0.3 is 0 Å². The van der Waals surface area contributed by atoms with Crippen molar-refractivity contribution >= 4 is 21.4 Å². The van der Waals surface area contributed by atoms with Crippen LogP contribution in [0.15, 0.2) is 17.5 Å². The van der Waals surface area contributed by atoms with Crippen LogP contribution in [0.1, 0.15) is 18.7 Å². The Kier molecular flexibility index (Phi) is 2.79. The van der Waals surface area contributed by atoms with Crippen molar-refractivity contribution < 1.29 is 8.42 Å². The Morgan fingerprint density at radius 3 is 2.46 bits per heavy atom. The van der Waals surface area contributed by atoms with Gasteiger partial charge in [0.25, 0.3) is 0 Å². The van der Waals surface area contributed by atoms with Crippen LogP contribution in [0.4, 0.5) is 0 Å². The third kappa shape index (κ3) is 3.10. The highest BCUT2D eigenvalue weighted by Gasteiger charge is 2.24. The van der Waals surface area contributed by atoms with E-state index in [1.807, 2.05) is 31.4 Å². The first kappa shape index (κ1) is 10.7. The molecule has 1 heterocycles. The Morgan fingerprint density at radius 1 is 1.46 bits per heavy atom. The van der Waals surface area contributed by atoms with Crippen molar-refractivity contribution in [3.8, 4) is 0 Å². The van der Waals surface area contributed by atoms with E-state index in [0.29, 0.717) is 0 Å². The van der Waals surface area contributed by atoms with Crippen LogP contribution in [0.3, 0.4) is 0 Å². The van der Waals surface area contributed by atoms with Gasteiger partial charge in [0.2, 0.25) is 10.0 Å². The van der Waals surface area contributed by atoms with Crippen LogP contribution in [0, 0.1) is 0 Å². The first-order valence-corrected chi connectivity index (χ1v) is 6.61. The molecule has 5 heteroatoms. The van der Waals surface area contributed by atoms with Crippen LogP contribution in [0.5, 0.6) is 0 Å². The maximum absolute atomic E-state index is 11.0. The highest BCUT2D eigenvalue weighted by molar-refractivity contribution is 7.88. The molecule has 74 valence electrons. The van der Waals surface area contributed by atoms with Crippen LogP contribution in [0.25, 0.3) is 0 Å². The van der Waals surface area contributed by atoms with Gasteiger partial charge in [0.1, 0.15) is 0 Å². The average molecular weight is 219 g/mol. The fourth-order valence-corrected chi connectivity index (χ4v) is 3.06. The third-order valence-electron chi connectivity index (χ3n) is 1.58. The van der Waals surface area contributed by atoms with E-state index in [0.717, 1.165) is 4.88 Å². The van der Waals surface area contributed by atoms with Gasteiger partial charge in [0, 0.05) is 4.88 Å². The molecular weight excluding hydrogens is 206 g/mol. The van der Waals surface area contributed by atoms with Gasteiger partial charge in [0.05, 0.1) is 11.8 Å². The van der Waals surface area contributed by atoms with E-state index in [-0.39, 0.29) is 0 Å². The van der Waals surface area contributed by atoms with E-state index >= 15 is 0 Å². The summed E-state index contributed by atoms with van der Waals surface area (Å²) >= 11 is 1.54. The van der Waals surface area contributed by atoms with Crippen molar-refractivity contribution in [2.75, 3.05) is 6.26 Å². The highest BCUT2D eigenvalue weighted by Crippen LogP contribution is 2.24. The summed E-state index contributed by atoms with van der Waals surface area (Å²) in [6.45, 7) is 3.69. The SMILES string of the molecule is CC(C)(NS(C)(=O)=O)c1cccs1. The summed E-state index contributed by atoms with van der Waals surface area (Å²) in [4.78, 5) is 1.01. The second-order valence-corrected chi connectivity index (χ2v) is 6.17. The summed E-state index contributed by atoms with van der Waals surface area (Å²) in [5.74, 6) is 0. The van der Waals surface area contributed by atoms with E-state index in [1.165, 1.54) is 6.26 Å². The van der Waals surface area contributed by atoms with Crippen molar-refractivity contribution in [1.82, 2.24) is 4.72 Å². The number of hydrogen-bond donors (Lipinski definition) is 1. The minimum atomic E-state index is -3.15. The maximum atomic E-state index is 11.0. The molecule has 0 atom stereocenters. The lowest BCUT2D eigenvalue weighted by Gasteiger charge is -2.23. The number of hydrogen-bond acceptors (Lipinski definition) is 3. The van der Waals surface area contributed by atoms with Gasteiger partial charge in [-0.25, -0.2) is 13.1 Å². The molecule has 0 aliphatic rings. The second-order valence-electron chi connectivity index (χ2n) is 3.48. The van der Waals surface area contributed by atoms with Crippen molar-refractivity contribution in [3.63, 3.8) is 0 Å². The largest absolute Gasteiger partial charge is 0.213 e. The normalized spacial score (nSPS) is 13.2. The molecule has 0 fully saturated rings. The Hall–Kier alpha value is -0.390. The molecule has 0 amide bonds. The van der Waals surface area contributed by atoms with Gasteiger partial charge in [-0.1, -0.05) is 6.07 Å². The first-order chi connectivity index (χ1) is 5.81. The van der Waals surface area contributed by atoms with E-state index in [9.17, 15) is 8.42 Å². The predicted molar refractivity (Wildman–Crippen MR) is 55.3 cm³/mol. The summed E-state index contributed by atoms with van der Waals surface area (Å²) < 4.78 is 24.7. The van der Waals surface area contributed by atoms with Crippen LogP contribution < -0.4 is 4.72 Å². The summed E-state index contributed by atoms with van der Waals surface area (Å²) in [6, 6.07) is 3.83. The molecule has 0 spiro atoms. The Morgan fingerprint density at radius 2 is 2.08 bits per heavy atom. The van der Waals surface area contributed by atoms with E-state index in [1.54, 1.807) is 11.3 Å². The van der Waals surface area contributed by atoms with E-state index in [2.05, 4.69) is 4.72 Å². The molecule has 0 bridgehead atoms. The predicted octanol–water partition coefficient (Wildman–Crippen LogP) is 1.53. The molecule has 0 aromatic carbocycles. The molecule has 3 nitrogen and oxygen atoms in total. The van der Waals surface area contributed by atoms with Gasteiger partial charge in [0.15, 0.2) is 0 Å². The molecule has 0 saturated heterocycles. The standard InChI is InChI=1S/C8H13NO2S2/c1-8(2,9-13(3,10)11)7-5-4-6-12-7/h4-6,9H,1-3H3. The van der Waals surface area contributed by atoms with Crippen LogP contribution >= 0.6 is 11.3 Å². The molecule has 1 aromatic heterocycles. The fourth-order valence-electron chi connectivity index (χ4n) is 1.15. The van der Waals surface area contributed by atoms with E-state index < -0.39 is 15.6 Å². The maximum Gasteiger partial charge on any atom is 0.209 e. The lowest BCUT2D eigenvalue weighted by atomic mass is 10.1. The quantitative estimate of drug-likeness (QED) is 0.838. The molecular formula is C8H13NO2S2. The second kappa shape index (κ2) is 3.40. The molecule has 1 aromatic rings. The van der Waals surface area contributed by atoms with Crippen LogP contribution in [-0.4, -0.2) is 14.7 Å². The molecule has 13 heavy (non-hydrogen) atoms. The van der Waals surface area contributed by atoms with Crippen molar-refractivity contribution in [2.45, 2.75) is 19.4 Å². The fraction of sp³-hybridized carbons (Fsp3) is 0.500. The zero-order chi connectivity index (χ0) is 10.1. The van der Waals surface area contributed by atoms with E-state index in [4.69, 9.17) is 0 Å². The van der Waals surface area contributed by atoms with Gasteiger partial charge in [-0.3, -0.25) is 0 Å². The van der Waals surface area contributed by atoms with Crippen molar-refractivity contribution in [1.29, 1.82) is 0 Å². The van der Waals surface area contributed by atoms with Gasteiger partial charge in [-0.15, -0.1) is 11.3 Å². The number of nitrogens with one attached hydrogen (secondary N) is 1. The zero-order valence-electron chi connectivity index (χ0n) is 7.87. The van der Waals surface area contributed by atoms with Gasteiger partial charge in [-0.05, 0) is 25.3 Å². The summed E-state index contributed by atoms with van der Waals surface area (Å²) in [5, 5.41) is 1.93. The van der Waals surface area contributed by atoms with Crippen LogP contribution in [-0.2, 0) is 15.6 Å². The van der Waals surface area contributed by atoms with Crippen LogP contribution in [0.2, 0.25) is 0 Å². The molecule has 0 aliphatic carbocycles. The number of sulfonamides is 1. The molecule has 1 rings (SSSR count). The Balaban J connectivity index is 2.91. The zero-order valence-corrected chi connectivity index (χ0v) is 9.50. The Labute approximate surface area is 82.8 Å². The lowest BCUT2D eigenvalue weighted by molar-refractivity contribution is 0.483. The number of rotatable bonds is 3. The van der Waals surface area contributed by atoms with Crippen molar-refractivity contribution in [3.05, 3.63) is 22.4 Å². The monoisotopic (exact) mass is 219 g/mol. The molecule has 0 unspecified atom stereocenters. The molecule has 0 aliphatic heterocycles. The van der Waals surface area contributed by atoms with Gasteiger partial charge < -0.3 is 0 Å². The smallest absolute Gasteiger partial charge is 0.209 e.